The van der Waals surface area contributed by atoms with Crippen molar-refractivity contribution in [2.75, 3.05) is 42.1 Å². The van der Waals surface area contributed by atoms with Gasteiger partial charge >= 0.3 is 0 Å². The van der Waals surface area contributed by atoms with Crippen molar-refractivity contribution in [3.05, 3.63) is 54.1 Å². The highest BCUT2D eigenvalue weighted by molar-refractivity contribution is 7.99. The Bertz CT molecular complexity index is 971. The van der Waals surface area contributed by atoms with Gasteiger partial charge in [-0.15, -0.1) is 11.8 Å². The van der Waals surface area contributed by atoms with Gasteiger partial charge in [0, 0.05) is 31.9 Å². The standard InChI is InChI=1S/C23H31N3O3S2/c1-3-26(4-2)31(28,29)20-12-13-22(25-14-8-9-15-25)21(16-20)24-23(27)18-30-17-19-10-6-5-7-11-19/h5-7,10-13,16H,3-4,8-9,14-15,17-18H2,1-2H3,(H,24,27). The third-order valence-corrected chi connectivity index (χ3v) is 8.43. The first-order chi connectivity index (χ1) is 15.0. The second-order valence-electron chi connectivity index (χ2n) is 7.49. The molecule has 1 aliphatic heterocycles. The van der Waals surface area contributed by atoms with Crippen molar-refractivity contribution in [3.8, 4) is 0 Å². The Balaban J connectivity index is 1.77. The Labute approximate surface area is 190 Å². The van der Waals surface area contributed by atoms with Gasteiger partial charge in [-0.1, -0.05) is 44.2 Å². The molecule has 168 valence electrons. The predicted molar refractivity (Wildman–Crippen MR) is 129 cm³/mol. The van der Waals surface area contributed by atoms with Gasteiger partial charge in [0.15, 0.2) is 0 Å². The van der Waals surface area contributed by atoms with Crippen LogP contribution in [0.4, 0.5) is 11.4 Å². The molecule has 1 heterocycles. The lowest BCUT2D eigenvalue weighted by Crippen LogP contribution is -2.31. The molecular weight excluding hydrogens is 430 g/mol. The van der Waals surface area contributed by atoms with Crippen molar-refractivity contribution in [2.45, 2.75) is 37.3 Å². The highest BCUT2D eigenvalue weighted by Gasteiger charge is 2.25. The third kappa shape index (κ3) is 6.02. The fourth-order valence-corrected chi connectivity index (χ4v) is 6.02. The number of carbonyl (C=O) groups is 1. The number of hydrogen-bond acceptors (Lipinski definition) is 5. The fraction of sp³-hybridized carbons (Fsp3) is 0.435. The number of thioether (sulfide) groups is 1. The zero-order chi connectivity index (χ0) is 22.3. The second-order valence-corrected chi connectivity index (χ2v) is 10.4. The molecule has 0 spiro atoms. The van der Waals surface area contributed by atoms with E-state index in [0.717, 1.165) is 37.4 Å². The molecule has 1 saturated heterocycles. The van der Waals surface area contributed by atoms with Crippen LogP contribution in [0, 0.1) is 0 Å². The van der Waals surface area contributed by atoms with Crippen molar-refractivity contribution in [1.29, 1.82) is 0 Å². The number of sulfonamides is 1. The van der Waals surface area contributed by atoms with Crippen molar-refractivity contribution in [1.82, 2.24) is 4.31 Å². The van der Waals surface area contributed by atoms with Gasteiger partial charge in [0.25, 0.3) is 0 Å². The Kier molecular flexibility index (Phi) is 8.40. The summed E-state index contributed by atoms with van der Waals surface area (Å²) in [4.78, 5) is 15.1. The molecule has 1 N–H and O–H groups in total. The maximum absolute atomic E-state index is 13.0. The van der Waals surface area contributed by atoms with E-state index in [1.807, 2.05) is 50.2 Å². The average molecular weight is 462 g/mol. The molecule has 6 nitrogen and oxygen atoms in total. The van der Waals surface area contributed by atoms with E-state index in [9.17, 15) is 13.2 Å². The van der Waals surface area contributed by atoms with Crippen molar-refractivity contribution in [2.24, 2.45) is 0 Å². The summed E-state index contributed by atoms with van der Waals surface area (Å²) in [5, 5.41) is 2.98. The maximum Gasteiger partial charge on any atom is 0.243 e. The predicted octanol–water partition coefficient (Wildman–Crippen LogP) is 4.19. The van der Waals surface area contributed by atoms with Crippen LogP contribution >= 0.6 is 11.8 Å². The van der Waals surface area contributed by atoms with Crippen LogP contribution in [0.1, 0.15) is 32.3 Å². The molecule has 8 heteroatoms. The molecule has 3 rings (SSSR count). The van der Waals surface area contributed by atoms with Crippen LogP contribution in [-0.4, -0.2) is 50.6 Å². The lowest BCUT2D eigenvalue weighted by atomic mass is 10.2. The lowest BCUT2D eigenvalue weighted by Gasteiger charge is -2.24. The number of hydrogen-bond donors (Lipinski definition) is 1. The second kappa shape index (κ2) is 11.0. The summed E-state index contributed by atoms with van der Waals surface area (Å²) >= 11 is 1.54. The first-order valence-electron chi connectivity index (χ1n) is 10.8. The van der Waals surface area contributed by atoms with Crippen LogP contribution in [0.3, 0.4) is 0 Å². The van der Waals surface area contributed by atoms with Gasteiger partial charge in [0.05, 0.1) is 22.0 Å². The first-order valence-corrected chi connectivity index (χ1v) is 13.4. The van der Waals surface area contributed by atoms with E-state index < -0.39 is 10.0 Å². The SMILES string of the molecule is CCN(CC)S(=O)(=O)c1ccc(N2CCCC2)c(NC(=O)CSCc2ccccc2)c1. The number of carbonyl (C=O) groups excluding carboxylic acids is 1. The van der Waals surface area contributed by atoms with Crippen molar-refractivity contribution in [3.63, 3.8) is 0 Å². The number of anilines is 2. The van der Waals surface area contributed by atoms with Crippen LogP contribution in [0.15, 0.2) is 53.4 Å². The Morgan fingerprint density at radius 2 is 1.74 bits per heavy atom. The molecule has 0 saturated carbocycles. The van der Waals surface area contributed by atoms with E-state index in [1.165, 1.54) is 9.87 Å². The minimum Gasteiger partial charge on any atom is -0.370 e. The number of nitrogens with zero attached hydrogens (tertiary/aromatic N) is 2. The van der Waals surface area contributed by atoms with E-state index in [-0.39, 0.29) is 10.8 Å². The molecule has 1 aliphatic rings. The minimum atomic E-state index is -3.59. The Morgan fingerprint density at radius 3 is 2.39 bits per heavy atom. The average Bonchev–Trinajstić information content (AvgIpc) is 3.30. The van der Waals surface area contributed by atoms with Gasteiger partial charge in [0.1, 0.15) is 0 Å². The number of amides is 1. The number of benzene rings is 2. The van der Waals surface area contributed by atoms with Gasteiger partial charge in [-0.25, -0.2) is 8.42 Å². The van der Waals surface area contributed by atoms with Crippen LogP contribution in [0.5, 0.6) is 0 Å². The molecule has 0 unspecified atom stereocenters. The quantitative estimate of drug-likeness (QED) is 0.575. The first kappa shape index (κ1) is 23.6. The zero-order valence-corrected chi connectivity index (χ0v) is 19.8. The maximum atomic E-state index is 13.0. The van der Waals surface area contributed by atoms with Crippen LogP contribution in [-0.2, 0) is 20.6 Å². The summed E-state index contributed by atoms with van der Waals surface area (Å²) in [5.41, 5.74) is 2.63. The summed E-state index contributed by atoms with van der Waals surface area (Å²) in [7, 11) is -3.59. The summed E-state index contributed by atoms with van der Waals surface area (Å²) in [5.74, 6) is 0.934. The molecule has 0 atom stereocenters. The van der Waals surface area contributed by atoms with E-state index >= 15 is 0 Å². The van der Waals surface area contributed by atoms with Crippen LogP contribution in [0.2, 0.25) is 0 Å². The topological polar surface area (TPSA) is 69.7 Å². The van der Waals surface area contributed by atoms with Crippen molar-refractivity contribution < 1.29 is 13.2 Å². The molecule has 1 amide bonds. The van der Waals surface area contributed by atoms with Crippen molar-refractivity contribution >= 4 is 39.1 Å². The minimum absolute atomic E-state index is 0.126. The summed E-state index contributed by atoms with van der Waals surface area (Å²) in [6, 6.07) is 15.1. The fourth-order valence-electron chi connectivity index (χ4n) is 3.74. The van der Waals surface area contributed by atoms with Crippen LogP contribution in [0.25, 0.3) is 0 Å². The summed E-state index contributed by atoms with van der Waals surface area (Å²) < 4.78 is 27.4. The molecule has 0 bridgehead atoms. The highest BCUT2D eigenvalue weighted by Crippen LogP contribution is 2.32. The van der Waals surface area contributed by atoms with Gasteiger partial charge < -0.3 is 10.2 Å². The molecule has 0 aromatic heterocycles. The largest absolute Gasteiger partial charge is 0.370 e. The zero-order valence-electron chi connectivity index (χ0n) is 18.2. The lowest BCUT2D eigenvalue weighted by molar-refractivity contribution is -0.113. The normalized spacial score (nSPS) is 14.2. The molecule has 0 radical (unpaired) electrons. The third-order valence-electron chi connectivity index (χ3n) is 5.38. The molecule has 0 aliphatic carbocycles. The van der Waals surface area contributed by atoms with E-state index in [4.69, 9.17) is 0 Å². The molecular formula is C23H31N3O3S2. The van der Waals surface area contributed by atoms with Gasteiger partial charge in [-0.2, -0.15) is 4.31 Å². The summed E-state index contributed by atoms with van der Waals surface area (Å²) in [6.45, 7) is 6.29. The van der Waals surface area contributed by atoms with Crippen LogP contribution < -0.4 is 10.2 Å². The molecule has 2 aromatic carbocycles. The van der Waals surface area contributed by atoms with E-state index in [2.05, 4.69) is 10.2 Å². The van der Waals surface area contributed by atoms with Gasteiger partial charge in [0.2, 0.25) is 15.9 Å². The van der Waals surface area contributed by atoms with E-state index in [1.54, 1.807) is 23.9 Å². The molecule has 31 heavy (non-hydrogen) atoms. The monoisotopic (exact) mass is 461 g/mol. The van der Waals surface area contributed by atoms with E-state index in [0.29, 0.717) is 24.5 Å². The van der Waals surface area contributed by atoms with Gasteiger partial charge in [-0.05, 0) is 36.6 Å². The Morgan fingerprint density at radius 1 is 1.06 bits per heavy atom. The smallest absolute Gasteiger partial charge is 0.243 e. The molecule has 2 aromatic rings. The molecule has 1 fully saturated rings. The Hall–Kier alpha value is -2.03. The number of nitrogens with one attached hydrogen (secondary N) is 1. The highest BCUT2D eigenvalue weighted by atomic mass is 32.2. The number of rotatable bonds is 10. The van der Waals surface area contributed by atoms with Gasteiger partial charge in [-0.3, -0.25) is 4.79 Å². The summed E-state index contributed by atoms with van der Waals surface area (Å²) in [6.07, 6.45) is 2.19.